The average molecular weight is 240 g/mol. The minimum atomic E-state index is 0.0308. The van der Waals surface area contributed by atoms with Gasteiger partial charge >= 0.3 is 0 Å². The maximum atomic E-state index is 12.1. The first-order valence-corrected chi connectivity index (χ1v) is 7.06. The lowest BCUT2D eigenvalue weighted by Gasteiger charge is -2.30. The van der Waals surface area contributed by atoms with E-state index in [-0.39, 0.29) is 18.0 Å². The van der Waals surface area contributed by atoms with Crippen molar-refractivity contribution in [3.8, 4) is 0 Å². The second-order valence-electron chi connectivity index (χ2n) is 5.84. The van der Waals surface area contributed by atoms with Crippen molar-refractivity contribution in [2.45, 2.75) is 65.5 Å². The summed E-state index contributed by atoms with van der Waals surface area (Å²) in [4.78, 5) is 12.1. The first-order valence-electron chi connectivity index (χ1n) is 7.06. The van der Waals surface area contributed by atoms with Crippen molar-refractivity contribution in [2.75, 3.05) is 6.54 Å². The van der Waals surface area contributed by atoms with Crippen LogP contribution in [0.4, 0.5) is 0 Å². The maximum Gasteiger partial charge on any atom is 0.237 e. The molecule has 100 valence electrons. The number of carbonyl (C=O) groups excluding carboxylic acids is 1. The number of nitrogens with one attached hydrogen (secondary N) is 2. The van der Waals surface area contributed by atoms with Crippen LogP contribution in [0, 0.1) is 11.8 Å². The summed E-state index contributed by atoms with van der Waals surface area (Å²) in [5.74, 6) is 1.54. The molecule has 2 N–H and O–H groups in total. The third-order valence-electron chi connectivity index (χ3n) is 3.62. The van der Waals surface area contributed by atoms with Crippen LogP contribution in [-0.4, -0.2) is 24.5 Å². The molecule has 0 saturated carbocycles. The Labute approximate surface area is 106 Å². The van der Waals surface area contributed by atoms with Crippen LogP contribution in [0.15, 0.2) is 0 Å². The number of amides is 1. The Bertz CT molecular complexity index is 240. The highest BCUT2D eigenvalue weighted by molar-refractivity contribution is 5.82. The number of carbonyl (C=O) groups is 1. The lowest BCUT2D eigenvalue weighted by atomic mass is 9.90. The van der Waals surface area contributed by atoms with Crippen LogP contribution in [0.3, 0.4) is 0 Å². The predicted molar refractivity (Wildman–Crippen MR) is 71.9 cm³/mol. The van der Waals surface area contributed by atoms with Gasteiger partial charge in [0.05, 0.1) is 6.04 Å². The molecular weight excluding hydrogens is 212 g/mol. The van der Waals surface area contributed by atoms with Crippen molar-refractivity contribution in [2.24, 2.45) is 11.8 Å². The van der Waals surface area contributed by atoms with Gasteiger partial charge < -0.3 is 10.6 Å². The quantitative estimate of drug-likeness (QED) is 0.774. The maximum absolute atomic E-state index is 12.1. The van der Waals surface area contributed by atoms with E-state index in [1.165, 1.54) is 12.8 Å². The molecule has 1 saturated heterocycles. The van der Waals surface area contributed by atoms with E-state index in [2.05, 4.69) is 38.3 Å². The van der Waals surface area contributed by atoms with Gasteiger partial charge in [-0.2, -0.15) is 0 Å². The summed E-state index contributed by atoms with van der Waals surface area (Å²) in [6.45, 7) is 9.67. The van der Waals surface area contributed by atoms with E-state index in [1.807, 2.05) is 0 Å². The number of hydrogen-bond donors (Lipinski definition) is 2. The first kappa shape index (κ1) is 14.5. The molecule has 1 aliphatic heterocycles. The van der Waals surface area contributed by atoms with E-state index in [9.17, 15) is 4.79 Å². The summed E-state index contributed by atoms with van der Waals surface area (Å²) in [6, 6.07) is 0.314. The van der Waals surface area contributed by atoms with E-state index in [1.54, 1.807) is 0 Å². The van der Waals surface area contributed by atoms with E-state index in [0.717, 1.165) is 19.4 Å². The van der Waals surface area contributed by atoms with Crippen LogP contribution in [0.25, 0.3) is 0 Å². The number of hydrogen-bond acceptors (Lipinski definition) is 2. The van der Waals surface area contributed by atoms with Gasteiger partial charge in [0.15, 0.2) is 0 Å². The molecule has 1 aliphatic rings. The van der Waals surface area contributed by atoms with Gasteiger partial charge in [-0.1, -0.05) is 27.2 Å². The Balaban J connectivity index is 2.36. The van der Waals surface area contributed by atoms with E-state index < -0.39 is 0 Å². The molecule has 0 aromatic rings. The van der Waals surface area contributed by atoms with Crippen LogP contribution >= 0.6 is 0 Å². The molecule has 0 aromatic heterocycles. The minimum absolute atomic E-state index is 0.0308. The topological polar surface area (TPSA) is 41.1 Å². The number of piperidine rings is 1. The summed E-state index contributed by atoms with van der Waals surface area (Å²) in [6.07, 6.45) is 4.45. The van der Waals surface area contributed by atoms with E-state index in [4.69, 9.17) is 0 Å². The second kappa shape index (κ2) is 7.00. The van der Waals surface area contributed by atoms with Crippen LogP contribution < -0.4 is 10.6 Å². The second-order valence-corrected chi connectivity index (χ2v) is 5.84. The molecular formula is C14H28N2O. The van der Waals surface area contributed by atoms with Crippen molar-refractivity contribution < 1.29 is 4.79 Å². The molecule has 0 radical (unpaired) electrons. The zero-order valence-corrected chi connectivity index (χ0v) is 11.8. The fraction of sp³-hybridized carbons (Fsp3) is 0.929. The highest BCUT2D eigenvalue weighted by Gasteiger charge is 2.26. The predicted octanol–water partition coefficient (Wildman–Crippen LogP) is 2.32. The summed E-state index contributed by atoms with van der Waals surface area (Å²) < 4.78 is 0. The third kappa shape index (κ3) is 5.07. The normalized spacial score (nSPS) is 26.9. The van der Waals surface area contributed by atoms with Gasteiger partial charge in [0.1, 0.15) is 0 Å². The fourth-order valence-electron chi connectivity index (χ4n) is 2.68. The summed E-state index contributed by atoms with van der Waals surface area (Å²) in [5.41, 5.74) is 0. The zero-order chi connectivity index (χ0) is 12.8. The van der Waals surface area contributed by atoms with E-state index >= 15 is 0 Å². The molecule has 0 aromatic carbocycles. The number of rotatable bonds is 5. The Hall–Kier alpha value is -0.570. The molecule has 0 spiro atoms. The van der Waals surface area contributed by atoms with Crippen LogP contribution in [-0.2, 0) is 4.79 Å². The van der Waals surface area contributed by atoms with Crippen molar-refractivity contribution >= 4 is 5.91 Å². The molecule has 3 unspecified atom stereocenters. The molecule has 0 bridgehead atoms. The summed E-state index contributed by atoms with van der Waals surface area (Å²) in [5, 5.41) is 6.45. The van der Waals surface area contributed by atoms with E-state index in [0.29, 0.717) is 11.8 Å². The molecule has 17 heavy (non-hydrogen) atoms. The van der Waals surface area contributed by atoms with Gasteiger partial charge in [-0.15, -0.1) is 0 Å². The molecule has 1 amide bonds. The Morgan fingerprint density at radius 2 is 2.12 bits per heavy atom. The smallest absolute Gasteiger partial charge is 0.237 e. The fourth-order valence-corrected chi connectivity index (χ4v) is 2.68. The molecule has 1 fully saturated rings. The molecule has 3 atom stereocenters. The molecule has 3 heteroatoms. The average Bonchev–Trinajstić information content (AvgIpc) is 2.27. The SMILES string of the molecule is CCC1CCNC(C(=O)NC(C)CC(C)C)C1. The minimum Gasteiger partial charge on any atom is -0.352 e. The largest absolute Gasteiger partial charge is 0.352 e. The lowest BCUT2D eigenvalue weighted by molar-refractivity contribution is -0.124. The molecule has 1 rings (SSSR count). The van der Waals surface area contributed by atoms with Gasteiger partial charge in [-0.3, -0.25) is 4.79 Å². The van der Waals surface area contributed by atoms with Crippen molar-refractivity contribution in [1.82, 2.24) is 10.6 Å². The summed E-state index contributed by atoms with van der Waals surface area (Å²) in [7, 11) is 0. The molecule has 0 aliphatic carbocycles. The molecule has 3 nitrogen and oxygen atoms in total. The Morgan fingerprint density at radius 1 is 1.41 bits per heavy atom. The highest BCUT2D eigenvalue weighted by Crippen LogP contribution is 2.19. The van der Waals surface area contributed by atoms with Crippen molar-refractivity contribution in [1.29, 1.82) is 0 Å². The van der Waals surface area contributed by atoms with Gasteiger partial charge in [0, 0.05) is 6.04 Å². The van der Waals surface area contributed by atoms with Gasteiger partial charge in [0.25, 0.3) is 0 Å². The van der Waals surface area contributed by atoms with Crippen molar-refractivity contribution in [3.05, 3.63) is 0 Å². The Morgan fingerprint density at radius 3 is 2.71 bits per heavy atom. The van der Waals surface area contributed by atoms with Crippen LogP contribution in [0.2, 0.25) is 0 Å². The third-order valence-corrected chi connectivity index (χ3v) is 3.62. The highest BCUT2D eigenvalue weighted by atomic mass is 16.2. The van der Waals surface area contributed by atoms with Crippen molar-refractivity contribution in [3.63, 3.8) is 0 Å². The van der Waals surface area contributed by atoms with Gasteiger partial charge in [-0.05, 0) is 44.6 Å². The monoisotopic (exact) mass is 240 g/mol. The van der Waals surface area contributed by atoms with Crippen LogP contribution in [0.1, 0.15) is 53.4 Å². The molecule has 1 heterocycles. The first-order chi connectivity index (χ1) is 8.02. The lowest BCUT2D eigenvalue weighted by Crippen LogP contribution is -2.50. The Kier molecular flexibility index (Phi) is 5.96. The zero-order valence-electron chi connectivity index (χ0n) is 11.8. The summed E-state index contributed by atoms with van der Waals surface area (Å²) >= 11 is 0. The standard InChI is InChI=1S/C14H28N2O/c1-5-12-6-7-15-13(9-12)14(17)16-11(4)8-10(2)3/h10-13,15H,5-9H2,1-4H3,(H,16,17). The van der Waals surface area contributed by atoms with Gasteiger partial charge in [0.2, 0.25) is 5.91 Å². The van der Waals surface area contributed by atoms with Gasteiger partial charge in [-0.25, -0.2) is 0 Å². The van der Waals surface area contributed by atoms with Crippen LogP contribution in [0.5, 0.6) is 0 Å².